The predicted molar refractivity (Wildman–Crippen MR) is 111 cm³/mol. The summed E-state index contributed by atoms with van der Waals surface area (Å²) in [5.41, 5.74) is 2.18. The van der Waals surface area contributed by atoms with Gasteiger partial charge in [0.2, 0.25) is 0 Å². The highest BCUT2D eigenvalue weighted by Gasteiger charge is 2.23. The second kappa shape index (κ2) is 10.2. The molecular formula is C20H31N7O. The van der Waals surface area contributed by atoms with Gasteiger partial charge < -0.3 is 15.4 Å². The van der Waals surface area contributed by atoms with Crippen LogP contribution in [0.15, 0.2) is 35.6 Å². The van der Waals surface area contributed by atoms with Crippen molar-refractivity contribution in [3.8, 4) is 11.4 Å². The number of H-pyrrole nitrogens is 1. The van der Waals surface area contributed by atoms with E-state index in [9.17, 15) is 0 Å². The van der Waals surface area contributed by atoms with Gasteiger partial charge in [-0.3, -0.25) is 15.0 Å². The van der Waals surface area contributed by atoms with E-state index in [1.165, 1.54) is 6.33 Å². The number of aromatic nitrogens is 3. The molecule has 8 heteroatoms. The average molecular weight is 386 g/mol. The molecule has 1 unspecified atom stereocenters. The van der Waals surface area contributed by atoms with Crippen molar-refractivity contribution in [1.82, 2.24) is 30.7 Å². The molecule has 0 bridgehead atoms. The van der Waals surface area contributed by atoms with E-state index in [4.69, 9.17) is 4.74 Å². The van der Waals surface area contributed by atoms with Crippen LogP contribution in [0.2, 0.25) is 0 Å². The zero-order valence-corrected chi connectivity index (χ0v) is 17.0. The topological polar surface area (TPSA) is 90.5 Å². The Labute approximate surface area is 166 Å². The Morgan fingerprint density at radius 3 is 2.79 bits per heavy atom. The van der Waals surface area contributed by atoms with Crippen molar-refractivity contribution >= 4 is 5.96 Å². The van der Waals surface area contributed by atoms with Gasteiger partial charge in [-0.25, -0.2) is 4.98 Å². The van der Waals surface area contributed by atoms with Crippen molar-refractivity contribution in [3.63, 3.8) is 0 Å². The standard InChI is InChI=1S/C20H31N7O/c1-15(2)18(27-7-9-28-10-8-27)13-23-20(21-3)22-12-16-5-4-6-17(11-16)19-24-14-25-26-19/h4-6,11,14-15,18H,7-10,12-13H2,1-3H3,(H2,21,22,23)(H,24,25,26). The molecule has 0 amide bonds. The van der Waals surface area contributed by atoms with E-state index in [2.05, 4.69) is 61.7 Å². The van der Waals surface area contributed by atoms with Gasteiger partial charge in [-0.05, 0) is 17.5 Å². The quantitative estimate of drug-likeness (QED) is 0.494. The van der Waals surface area contributed by atoms with Crippen molar-refractivity contribution in [3.05, 3.63) is 36.2 Å². The van der Waals surface area contributed by atoms with Gasteiger partial charge in [0.25, 0.3) is 0 Å². The Hall–Kier alpha value is -2.45. The lowest BCUT2D eigenvalue weighted by Crippen LogP contribution is -2.52. The highest BCUT2D eigenvalue weighted by Crippen LogP contribution is 2.15. The maximum atomic E-state index is 5.49. The van der Waals surface area contributed by atoms with Crippen LogP contribution in [-0.4, -0.2) is 72.0 Å². The minimum atomic E-state index is 0.456. The molecule has 1 atom stereocenters. The fraction of sp³-hybridized carbons (Fsp3) is 0.550. The van der Waals surface area contributed by atoms with Gasteiger partial charge in [0, 0.05) is 44.8 Å². The van der Waals surface area contributed by atoms with E-state index in [0.717, 1.165) is 55.8 Å². The summed E-state index contributed by atoms with van der Waals surface area (Å²) in [4.78, 5) is 11.1. The Bertz CT molecular complexity index is 739. The second-order valence-electron chi connectivity index (χ2n) is 7.30. The van der Waals surface area contributed by atoms with Crippen LogP contribution in [0, 0.1) is 5.92 Å². The molecule has 28 heavy (non-hydrogen) atoms. The van der Waals surface area contributed by atoms with E-state index >= 15 is 0 Å². The van der Waals surface area contributed by atoms with Crippen molar-refractivity contribution in [2.24, 2.45) is 10.9 Å². The fourth-order valence-corrected chi connectivity index (χ4v) is 3.48. The molecular weight excluding hydrogens is 354 g/mol. The average Bonchev–Trinajstić information content (AvgIpc) is 3.26. The normalized spacial score (nSPS) is 16.9. The van der Waals surface area contributed by atoms with E-state index in [0.29, 0.717) is 18.5 Å². The number of rotatable bonds is 7. The number of ether oxygens (including phenoxy) is 1. The Kier molecular flexibility index (Phi) is 7.39. The molecule has 1 saturated heterocycles. The molecule has 0 spiro atoms. The molecule has 1 aliphatic rings. The lowest BCUT2D eigenvalue weighted by Gasteiger charge is -2.37. The first-order valence-corrected chi connectivity index (χ1v) is 9.88. The summed E-state index contributed by atoms with van der Waals surface area (Å²) >= 11 is 0. The van der Waals surface area contributed by atoms with Crippen molar-refractivity contribution in [2.75, 3.05) is 39.9 Å². The second-order valence-corrected chi connectivity index (χ2v) is 7.30. The summed E-state index contributed by atoms with van der Waals surface area (Å²) in [6.45, 7) is 9.70. The van der Waals surface area contributed by atoms with Crippen LogP contribution >= 0.6 is 0 Å². The molecule has 0 saturated carbocycles. The van der Waals surface area contributed by atoms with E-state index < -0.39 is 0 Å². The molecule has 3 rings (SSSR count). The smallest absolute Gasteiger partial charge is 0.191 e. The Balaban J connectivity index is 1.53. The van der Waals surface area contributed by atoms with Crippen LogP contribution in [0.3, 0.4) is 0 Å². The zero-order chi connectivity index (χ0) is 19.8. The first-order chi connectivity index (χ1) is 13.7. The van der Waals surface area contributed by atoms with Gasteiger partial charge in [-0.15, -0.1) is 0 Å². The number of nitrogens with zero attached hydrogens (tertiary/aromatic N) is 4. The third-order valence-electron chi connectivity index (χ3n) is 5.06. The van der Waals surface area contributed by atoms with Gasteiger partial charge in [0.05, 0.1) is 13.2 Å². The summed E-state index contributed by atoms with van der Waals surface area (Å²) in [5.74, 6) is 2.14. The largest absolute Gasteiger partial charge is 0.379 e. The van der Waals surface area contributed by atoms with E-state index in [-0.39, 0.29) is 0 Å². The number of morpholine rings is 1. The Morgan fingerprint density at radius 2 is 2.11 bits per heavy atom. The Morgan fingerprint density at radius 1 is 1.29 bits per heavy atom. The number of hydrogen-bond acceptors (Lipinski definition) is 5. The molecule has 2 heterocycles. The zero-order valence-electron chi connectivity index (χ0n) is 17.0. The number of guanidine groups is 1. The first-order valence-electron chi connectivity index (χ1n) is 9.88. The molecule has 3 N–H and O–H groups in total. The highest BCUT2D eigenvalue weighted by molar-refractivity contribution is 5.79. The first kappa shape index (κ1) is 20.3. The minimum Gasteiger partial charge on any atom is -0.379 e. The lowest BCUT2D eigenvalue weighted by atomic mass is 10.0. The van der Waals surface area contributed by atoms with E-state index in [1.807, 2.05) is 12.1 Å². The van der Waals surface area contributed by atoms with Crippen LogP contribution in [0.4, 0.5) is 0 Å². The molecule has 2 aromatic rings. The number of nitrogens with one attached hydrogen (secondary N) is 3. The number of hydrogen-bond donors (Lipinski definition) is 3. The van der Waals surface area contributed by atoms with Crippen molar-refractivity contribution in [2.45, 2.75) is 26.4 Å². The van der Waals surface area contributed by atoms with Crippen LogP contribution in [0.1, 0.15) is 19.4 Å². The number of aromatic amines is 1. The molecule has 8 nitrogen and oxygen atoms in total. The summed E-state index contributed by atoms with van der Waals surface area (Å²) in [7, 11) is 1.80. The number of benzene rings is 1. The summed E-state index contributed by atoms with van der Waals surface area (Å²) in [6, 6.07) is 8.69. The molecule has 152 valence electrons. The molecule has 0 aliphatic carbocycles. The monoisotopic (exact) mass is 385 g/mol. The van der Waals surface area contributed by atoms with Gasteiger partial charge in [0.15, 0.2) is 11.8 Å². The third-order valence-corrected chi connectivity index (χ3v) is 5.06. The van der Waals surface area contributed by atoms with Crippen molar-refractivity contribution < 1.29 is 4.74 Å². The van der Waals surface area contributed by atoms with Crippen LogP contribution in [0.5, 0.6) is 0 Å². The minimum absolute atomic E-state index is 0.456. The molecule has 0 radical (unpaired) electrons. The fourth-order valence-electron chi connectivity index (χ4n) is 3.48. The van der Waals surface area contributed by atoms with E-state index in [1.54, 1.807) is 7.05 Å². The maximum Gasteiger partial charge on any atom is 0.191 e. The number of aliphatic imine (C=N–C) groups is 1. The van der Waals surface area contributed by atoms with Gasteiger partial charge in [-0.1, -0.05) is 32.0 Å². The molecule has 1 aliphatic heterocycles. The van der Waals surface area contributed by atoms with Gasteiger partial charge >= 0.3 is 0 Å². The van der Waals surface area contributed by atoms with Crippen molar-refractivity contribution in [1.29, 1.82) is 0 Å². The SMILES string of the molecule is CN=C(NCc1cccc(-c2ncn[nH]2)c1)NCC(C(C)C)N1CCOCC1. The lowest BCUT2D eigenvalue weighted by molar-refractivity contribution is 0.00752. The third kappa shape index (κ3) is 5.53. The molecule has 1 aromatic carbocycles. The predicted octanol–water partition coefficient (Wildman–Crippen LogP) is 1.49. The highest BCUT2D eigenvalue weighted by atomic mass is 16.5. The van der Waals surface area contributed by atoms with Gasteiger partial charge in [0.1, 0.15) is 6.33 Å². The maximum absolute atomic E-state index is 5.49. The van der Waals surface area contributed by atoms with Crippen LogP contribution in [0.25, 0.3) is 11.4 Å². The summed E-state index contributed by atoms with van der Waals surface area (Å²) < 4.78 is 5.49. The molecule has 1 aromatic heterocycles. The van der Waals surface area contributed by atoms with Gasteiger partial charge in [-0.2, -0.15) is 5.10 Å². The van der Waals surface area contributed by atoms with Crippen LogP contribution < -0.4 is 10.6 Å². The summed E-state index contributed by atoms with van der Waals surface area (Å²) in [5, 5.41) is 13.7. The molecule has 1 fully saturated rings. The summed E-state index contributed by atoms with van der Waals surface area (Å²) in [6.07, 6.45) is 1.52. The van der Waals surface area contributed by atoms with Crippen LogP contribution in [-0.2, 0) is 11.3 Å².